The van der Waals surface area contributed by atoms with E-state index < -0.39 is 17.6 Å². The number of aromatic nitrogens is 10. The van der Waals surface area contributed by atoms with Crippen molar-refractivity contribution in [1.29, 1.82) is 0 Å². The number of aromatic hydroxyl groups is 1. The summed E-state index contributed by atoms with van der Waals surface area (Å²) in [5.74, 6) is 1.59. The Labute approximate surface area is 647 Å². The molecule has 5 aliphatic heterocycles. The van der Waals surface area contributed by atoms with Crippen LogP contribution in [0.5, 0.6) is 5.75 Å². The number of phenols is 1. The van der Waals surface area contributed by atoms with Crippen molar-refractivity contribution in [3.8, 4) is 17.0 Å². The summed E-state index contributed by atoms with van der Waals surface area (Å²) in [5.41, 5.74) is 34.3. The fourth-order valence-corrected chi connectivity index (χ4v) is 14.4. The number of esters is 1. The van der Waals surface area contributed by atoms with Crippen LogP contribution in [0.3, 0.4) is 0 Å². The second-order valence-electron chi connectivity index (χ2n) is 28.4. The fourth-order valence-electron chi connectivity index (χ4n) is 13.8. The fraction of sp³-hybridized carbons (Fsp3) is 0.577. The highest BCUT2D eigenvalue weighted by Crippen LogP contribution is 2.35. The number of aliphatic carboxylic acids is 1. The molecule has 11 rings (SSSR count). The number of anilines is 10. The minimum atomic E-state index is -0.807. The SMILES string of the molecule is CC(C(=O)O)N1CCN(c2cc(Cl)nnc2N)C[C@H]1C.CC(C(=O)OC(C)(C)C)N1CCN(c2cc(Cl)nnc2N)C[C@H]1C.CCC(=O)C(C)N1CCN(c2cc(-c3ccccc3O)nnc2N)C[C@H]1C.CCC(=O)C(C)N1CCN(c2cc(Cl)nnc2N)C[C@H]1C.C[C@@H]1CN(c2cc(Cl)nnc2N)CCN1. The number of para-hydroxylation sites is 1. The smallest absolute Gasteiger partial charge is 0.323 e. The van der Waals surface area contributed by atoms with Crippen LogP contribution in [-0.2, 0) is 23.9 Å². The number of ketones is 2. The van der Waals surface area contributed by atoms with Crippen LogP contribution in [0.4, 0.5) is 57.5 Å². The van der Waals surface area contributed by atoms with Gasteiger partial charge < -0.3 is 73.4 Å². The molecule has 36 heteroatoms. The van der Waals surface area contributed by atoms with Crippen LogP contribution in [0.2, 0.25) is 20.6 Å². The lowest BCUT2D eigenvalue weighted by Gasteiger charge is -2.43. The van der Waals surface area contributed by atoms with Gasteiger partial charge in [0.2, 0.25) is 0 Å². The molecule has 32 nitrogen and oxygen atoms in total. The van der Waals surface area contributed by atoms with Gasteiger partial charge >= 0.3 is 11.9 Å². The van der Waals surface area contributed by atoms with Crippen LogP contribution in [0, 0.1) is 0 Å². The molecule has 5 fully saturated rings. The van der Waals surface area contributed by atoms with E-state index in [9.17, 15) is 24.3 Å². The quantitative estimate of drug-likeness (QED) is 0.0449. The monoisotopic (exact) mass is 1560 g/mol. The Morgan fingerprint density at radius 3 is 1.11 bits per heavy atom. The van der Waals surface area contributed by atoms with Crippen LogP contribution in [0.25, 0.3) is 11.3 Å². The first-order valence-electron chi connectivity index (χ1n) is 36.1. The van der Waals surface area contributed by atoms with Gasteiger partial charge in [0.05, 0.1) is 46.2 Å². The number of rotatable bonds is 16. The van der Waals surface area contributed by atoms with E-state index in [4.69, 9.17) is 84.9 Å². The number of carbonyl (C=O) groups excluding carboxylic acids is 3. The number of halogens is 4. The summed E-state index contributed by atoms with van der Waals surface area (Å²) in [7, 11) is 0. The molecule has 0 saturated carbocycles. The number of piperazine rings is 5. The van der Waals surface area contributed by atoms with Crippen molar-refractivity contribution >= 4 is 127 Å². The number of carboxylic acid groups (broad SMARTS) is 1. The third-order valence-electron chi connectivity index (χ3n) is 19.6. The molecule has 5 aromatic heterocycles. The minimum Gasteiger partial charge on any atom is -0.507 e. The number of Topliss-reactive ketones (excluding diaryl/α,β-unsaturated/α-hetero) is 2. The maximum absolute atomic E-state index is 12.3. The molecule has 586 valence electrons. The summed E-state index contributed by atoms with van der Waals surface area (Å²) in [6.07, 6.45) is 1.13. The Kier molecular flexibility index (Phi) is 31.4. The number of benzene rings is 1. The summed E-state index contributed by atoms with van der Waals surface area (Å²) in [6, 6.07) is 16.1. The average molecular weight is 1560 g/mol. The first-order valence-corrected chi connectivity index (χ1v) is 37.6. The average Bonchev–Trinajstić information content (AvgIpc) is 0.818. The highest BCUT2D eigenvalue weighted by atomic mass is 35.5. The number of ether oxygens (including phenoxy) is 1. The van der Waals surface area contributed by atoms with Crippen molar-refractivity contribution in [2.24, 2.45) is 0 Å². The van der Waals surface area contributed by atoms with Gasteiger partial charge in [-0.25, -0.2) is 0 Å². The lowest BCUT2D eigenvalue weighted by atomic mass is 10.0. The van der Waals surface area contributed by atoms with Gasteiger partial charge in [0.25, 0.3) is 0 Å². The van der Waals surface area contributed by atoms with Crippen LogP contribution >= 0.6 is 46.4 Å². The molecule has 4 unspecified atom stereocenters. The van der Waals surface area contributed by atoms with Crippen LogP contribution in [0.1, 0.15) is 110 Å². The van der Waals surface area contributed by atoms with Gasteiger partial charge in [0.1, 0.15) is 35.0 Å². The van der Waals surface area contributed by atoms with Gasteiger partial charge in [-0.2, -0.15) is 0 Å². The molecule has 5 saturated heterocycles. The molecule has 5 aliphatic rings. The zero-order chi connectivity index (χ0) is 78.9. The van der Waals surface area contributed by atoms with E-state index in [1.54, 1.807) is 49.4 Å². The highest BCUT2D eigenvalue weighted by Gasteiger charge is 2.37. The predicted molar refractivity (Wildman–Crippen MR) is 424 cm³/mol. The lowest BCUT2D eigenvalue weighted by Crippen LogP contribution is -2.57. The first-order chi connectivity index (χ1) is 50.5. The number of phenolic OH excluding ortho intramolecular Hbond substituents is 1. The topological polar surface area (TPSA) is 418 Å². The summed E-state index contributed by atoms with van der Waals surface area (Å²) in [4.78, 5) is 66.7. The number of nitrogen functional groups attached to an aromatic ring is 5. The molecular weight excluding hydrogens is 1460 g/mol. The molecule has 1 aromatic carbocycles. The van der Waals surface area contributed by atoms with E-state index in [0.29, 0.717) is 99.5 Å². The van der Waals surface area contributed by atoms with Gasteiger partial charge in [0, 0.05) is 171 Å². The number of nitrogens with two attached hydrogens (primary N) is 5. The van der Waals surface area contributed by atoms with E-state index >= 15 is 0 Å². The summed E-state index contributed by atoms with van der Waals surface area (Å²) >= 11 is 23.5. The van der Waals surface area contributed by atoms with E-state index in [1.807, 2.05) is 79.3 Å². The van der Waals surface area contributed by atoms with Crippen molar-refractivity contribution in [3.63, 3.8) is 0 Å². The molecular formula is C71H107Cl4N25O7. The molecule has 0 spiro atoms. The molecule has 13 N–H and O–H groups in total. The van der Waals surface area contributed by atoms with Gasteiger partial charge in [-0.05, 0) is 101 Å². The molecule has 0 aliphatic carbocycles. The van der Waals surface area contributed by atoms with Crippen molar-refractivity contribution in [1.82, 2.24) is 75.9 Å². The lowest BCUT2D eigenvalue weighted by molar-refractivity contribution is -0.161. The molecule has 10 heterocycles. The summed E-state index contributed by atoms with van der Waals surface area (Å²) in [5, 5.41) is 62.4. The minimum absolute atomic E-state index is 0.0383. The number of nitrogens with zero attached hydrogens (tertiary/aromatic N) is 19. The molecule has 9 atom stereocenters. The van der Waals surface area contributed by atoms with Crippen molar-refractivity contribution in [2.75, 3.05) is 151 Å². The first kappa shape index (κ1) is 85.9. The van der Waals surface area contributed by atoms with Crippen molar-refractivity contribution in [3.05, 3.63) is 75.2 Å². The Morgan fingerprint density at radius 1 is 0.477 bits per heavy atom. The van der Waals surface area contributed by atoms with E-state index in [-0.39, 0.29) is 65.6 Å². The number of hydrogen-bond acceptors (Lipinski definition) is 31. The van der Waals surface area contributed by atoms with E-state index in [0.717, 1.165) is 107 Å². The summed E-state index contributed by atoms with van der Waals surface area (Å²) in [6.45, 7) is 39.1. The van der Waals surface area contributed by atoms with Crippen LogP contribution in [-0.4, -0.2) is 262 Å². The second-order valence-corrected chi connectivity index (χ2v) is 30.0. The Morgan fingerprint density at radius 2 is 0.794 bits per heavy atom. The number of nitrogens with one attached hydrogen (secondary N) is 1. The Hall–Kier alpha value is -8.34. The standard InChI is InChI=1S/C20H27N5O2.C16H26ClN5O2.C14H22ClN5O.C12H18ClN5O2.C9H14ClN5/c1-4-18(26)14(3)25-10-9-24(12-13(25)2)17-11-16(22-23-20(17)21)15-7-5-6-8-19(15)27;1-10-9-21(12-8-13(17)19-20-14(12)18)6-7-22(10)11(2)15(23)24-16(3,4)5;1-4-12(21)10(3)20-6-5-19(8-9(20)2)11-7-13(15)17-18-14(11)16;1-7-6-17(3-4-18(7)8(2)12(19)20)9-5-10(13)15-16-11(9)14;1-6-5-15(3-2-12-6)7-4-8(10)13-14-9(7)11/h5-8,11,13-14,27H,4,9-10,12H2,1-3H3,(H2,21,23);8,10-11H,6-7,9H2,1-5H3,(H2,18,20);7,9-10H,4-6,8H2,1-3H3,(H2,16,18);5,7-8H,3-4,6H2,1-2H3,(H2,14,16)(H,19,20);4,6,12H,2-3,5H2,1H3,(H2,11,14)/t13-,14?;10-,11?;9-,10?;7-,8?;6-/m11111/s1. The van der Waals surface area contributed by atoms with Crippen molar-refractivity contribution < 1.29 is 34.1 Å². The molecule has 107 heavy (non-hydrogen) atoms. The molecule has 6 aromatic rings. The highest BCUT2D eigenvalue weighted by molar-refractivity contribution is 6.30. The number of carboxylic acids is 1. The number of carbonyl (C=O) groups is 4. The van der Waals surface area contributed by atoms with Crippen LogP contribution in [0.15, 0.2) is 54.6 Å². The molecule has 0 bridgehead atoms. The van der Waals surface area contributed by atoms with Gasteiger partial charge in [-0.1, -0.05) is 72.4 Å². The Balaban J connectivity index is 0.000000189. The van der Waals surface area contributed by atoms with E-state index in [1.165, 1.54) is 0 Å². The maximum atomic E-state index is 12.3. The van der Waals surface area contributed by atoms with Crippen molar-refractivity contribution in [2.45, 2.75) is 170 Å². The third-order valence-corrected chi connectivity index (χ3v) is 20.3. The van der Waals surface area contributed by atoms with Crippen LogP contribution < -0.4 is 58.5 Å². The Bertz CT molecular complexity index is 3960. The normalized spacial score (nSPS) is 20.8. The zero-order valence-corrected chi connectivity index (χ0v) is 66.8. The largest absolute Gasteiger partial charge is 0.507 e. The van der Waals surface area contributed by atoms with Gasteiger partial charge in [-0.15, -0.1) is 51.0 Å². The van der Waals surface area contributed by atoms with E-state index in [2.05, 4.69) is 123 Å². The zero-order valence-electron chi connectivity index (χ0n) is 63.7. The predicted octanol–water partition coefficient (Wildman–Crippen LogP) is 7.06. The second kappa shape index (κ2) is 39.2. The number of hydrogen-bond donors (Lipinski definition) is 8. The van der Waals surface area contributed by atoms with Gasteiger partial charge in [-0.3, -0.25) is 38.8 Å². The maximum Gasteiger partial charge on any atom is 0.323 e. The molecule has 0 radical (unpaired) electrons. The third kappa shape index (κ3) is 23.6. The molecule has 0 amide bonds. The summed E-state index contributed by atoms with van der Waals surface area (Å²) < 4.78 is 5.50. The van der Waals surface area contributed by atoms with Gasteiger partial charge in [0.15, 0.2) is 49.7 Å².